The number of aryl methyl sites for hydroxylation is 1. The van der Waals surface area contributed by atoms with Crippen LogP contribution in [0.1, 0.15) is 31.0 Å². The SMILES string of the molecule is CC(C)c1nn(CC(=O)Nc2ccc3nn(C)cc3c2)c(=O)c2ccc(C(F)(F)F)cc12. The molecule has 0 aliphatic carbocycles. The van der Waals surface area contributed by atoms with Crippen molar-refractivity contribution in [1.82, 2.24) is 19.6 Å². The lowest BCUT2D eigenvalue weighted by Crippen LogP contribution is -2.31. The molecule has 1 amide bonds. The van der Waals surface area contributed by atoms with E-state index in [2.05, 4.69) is 15.5 Å². The molecule has 0 atom stereocenters. The van der Waals surface area contributed by atoms with Crippen molar-refractivity contribution in [1.29, 1.82) is 0 Å². The topological polar surface area (TPSA) is 81.8 Å². The normalized spacial score (nSPS) is 12.1. The van der Waals surface area contributed by atoms with Gasteiger partial charge in [0.05, 0.1) is 22.2 Å². The highest BCUT2D eigenvalue weighted by Gasteiger charge is 2.31. The van der Waals surface area contributed by atoms with Crippen LogP contribution < -0.4 is 10.9 Å². The maximum absolute atomic E-state index is 13.1. The number of carbonyl (C=O) groups is 1. The Labute approximate surface area is 180 Å². The fourth-order valence-corrected chi connectivity index (χ4v) is 3.58. The molecule has 0 saturated heterocycles. The van der Waals surface area contributed by atoms with E-state index in [1.165, 1.54) is 0 Å². The van der Waals surface area contributed by atoms with Crippen molar-refractivity contribution in [2.24, 2.45) is 7.05 Å². The van der Waals surface area contributed by atoms with Crippen molar-refractivity contribution < 1.29 is 18.0 Å². The first-order valence-electron chi connectivity index (χ1n) is 9.88. The Morgan fingerprint density at radius 3 is 2.53 bits per heavy atom. The van der Waals surface area contributed by atoms with Gasteiger partial charge >= 0.3 is 6.18 Å². The Morgan fingerprint density at radius 1 is 1.09 bits per heavy atom. The molecule has 0 unspecified atom stereocenters. The lowest BCUT2D eigenvalue weighted by molar-refractivity contribution is -0.137. The fraction of sp³-hybridized carbons (Fsp3) is 0.273. The second-order valence-electron chi connectivity index (χ2n) is 7.89. The minimum absolute atomic E-state index is 0.0845. The molecule has 2 heterocycles. The van der Waals surface area contributed by atoms with Crippen molar-refractivity contribution in [3.05, 3.63) is 64.2 Å². The number of nitrogens with one attached hydrogen (secondary N) is 1. The first-order valence-corrected chi connectivity index (χ1v) is 9.88. The minimum Gasteiger partial charge on any atom is -0.324 e. The maximum Gasteiger partial charge on any atom is 0.416 e. The highest BCUT2D eigenvalue weighted by Crippen LogP contribution is 2.32. The second-order valence-corrected chi connectivity index (χ2v) is 7.89. The number of hydrogen-bond acceptors (Lipinski definition) is 4. The largest absolute Gasteiger partial charge is 0.416 e. The molecule has 0 saturated carbocycles. The molecule has 32 heavy (non-hydrogen) atoms. The first kappa shape index (κ1) is 21.5. The van der Waals surface area contributed by atoms with Crippen LogP contribution in [0.5, 0.6) is 0 Å². The number of halogens is 3. The van der Waals surface area contributed by atoms with Crippen LogP contribution in [0.15, 0.2) is 47.4 Å². The molecular formula is C22H20F3N5O2. The average molecular weight is 443 g/mol. The summed E-state index contributed by atoms with van der Waals surface area (Å²) in [6.07, 6.45) is -2.73. The van der Waals surface area contributed by atoms with Gasteiger partial charge in [0, 0.05) is 29.7 Å². The van der Waals surface area contributed by atoms with Crippen LogP contribution in [-0.2, 0) is 24.6 Å². The van der Waals surface area contributed by atoms with Crippen LogP contribution in [0.3, 0.4) is 0 Å². The summed E-state index contributed by atoms with van der Waals surface area (Å²) < 4.78 is 42.1. The van der Waals surface area contributed by atoms with Gasteiger partial charge < -0.3 is 5.32 Å². The lowest BCUT2D eigenvalue weighted by atomic mass is 10.0. The van der Waals surface area contributed by atoms with Crippen molar-refractivity contribution in [2.75, 3.05) is 5.32 Å². The number of hydrogen-bond donors (Lipinski definition) is 1. The molecule has 0 fully saturated rings. The summed E-state index contributed by atoms with van der Waals surface area (Å²) in [6.45, 7) is 3.15. The van der Waals surface area contributed by atoms with Crippen LogP contribution in [0, 0.1) is 0 Å². The molecule has 166 valence electrons. The number of alkyl halides is 3. The highest BCUT2D eigenvalue weighted by atomic mass is 19.4. The molecule has 0 radical (unpaired) electrons. The van der Waals surface area contributed by atoms with E-state index in [4.69, 9.17) is 0 Å². The predicted octanol–water partition coefficient (Wildman–Crippen LogP) is 4.06. The summed E-state index contributed by atoms with van der Waals surface area (Å²) in [5.74, 6) is -0.743. The summed E-state index contributed by atoms with van der Waals surface area (Å²) >= 11 is 0. The van der Waals surface area contributed by atoms with E-state index >= 15 is 0 Å². The first-order chi connectivity index (χ1) is 15.0. The Morgan fingerprint density at radius 2 is 1.84 bits per heavy atom. The number of benzene rings is 2. The van der Waals surface area contributed by atoms with Gasteiger partial charge in [-0.1, -0.05) is 13.8 Å². The molecule has 10 heteroatoms. The molecule has 0 spiro atoms. The summed E-state index contributed by atoms with van der Waals surface area (Å²) in [6, 6.07) is 8.16. The van der Waals surface area contributed by atoms with E-state index in [1.54, 1.807) is 43.8 Å². The van der Waals surface area contributed by atoms with E-state index in [9.17, 15) is 22.8 Å². The fourth-order valence-electron chi connectivity index (χ4n) is 3.58. The van der Waals surface area contributed by atoms with E-state index in [0.29, 0.717) is 11.4 Å². The smallest absolute Gasteiger partial charge is 0.324 e. The van der Waals surface area contributed by atoms with Crippen LogP contribution in [0.25, 0.3) is 21.7 Å². The van der Waals surface area contributed by atoms with Gasteiger partial charge in [0.25, 0.3) is 5.56 Å². The molecule has 7 nitrogen and oxygen atoms in total. The number of fused-ring (bicyclic) bond motifs is 2. The molecule has 1 N–H and O–H groups in total. The maximum atomic E-state index is 13.1. The zero-order valence-electron chi connectivity index (χ0n) is 17.6. The van der Waals surface area contributed by atoms with Gasteiger partial charge in [-0.25, -0.2) is 4.68 Å². The van der Waals surface area contributed by atoms with Crippen molar-refractivity contribution >= 4 is 33.3 Å². The summed E-state index contributed by atoms with van der Waals surface area (Å²) in [4.78, 5) is 25.5. The Bertz CT molecular complexity index is 1400. The Balaban J connectivity index is 1.67. The molecule has 4 rings (SSSR count). The molecule has 0 bridgehead atoms. The van der Waals surface area contributed by atoms with Gasteiger partial charge in [0.1, 0.15) is 6.54 Å². The van der Waals surface area contributed by atoms with Crippen molar-refractivity contribution in [3.8, 4) is 0 Å². The lowest BCUT2D eigenvalue weighted by Gasteiger charge is -2.15. The average Bonchev–Trinajstić information content (AvgIpc) is 3.08. The predicted molar refractivity (Wildman–Crippen MR) is 114 cm³/mol. The minimum atomic E-state index is -4.54. The third-order valence-electron chi connectivity index (χ3n) is 5.06. The van der Waals surface area contributed by atoms with E-state index < -0.39 is 23.2 Å². The summed E-state index contributed by atoms with van der Waals surface area (Å²) in [5, 5.41) is 12.3. The molecule has 0 aliphatic heterocycles. The van der Waals surface area contributed by atoms with Crippen LogP contribution >= 0.6 is 0 Å². The number of anilines is 1. The third kappa shape index (κ3) is 4.08. The zero-order valence-corrected chi connectivity index (χ0v) is 17.6. The monoisotopic (exact) mass is 443 g/mol. The molecular weight excluding hydrogens is 423 g/mol. The van der Waals surface area contributed by atoms with E-state index in [1.807, 2.05) is 6.20 Å². The number of aromatic nitrogens is 4. The van der Waals surface area contributed by atoms with Gasteiger partial charge in [0.15, 0.2) is 0 Å². The molecule has 0 aliphatic rings. The van der Waals surface area contributed by atoms with Crippen LogP contribution in [-0.4, -0.2) is 25.5 Å². The number of rotatable bonds is 4. The zero-order chi connectivity index (χ0) is 23.2. The van der Waals surface area contributed by atoms with Gasteiger partial charge in [-0.3, -0.25) is 14.3 Å². The molecule has 2 aromatic carbocycles. The number of carbonyl (C=O) groups excluding carboxylic acids is 1. The van der Waals surface area contributed by atoms with Gasteiger partial charge in [-0.2, -0.15) is 23.4 Å². The third-order valence-corrected chi connectivity index (χ3v) is 5.06. The summed E-state index contributed by atoms with van der Waals surface area (Å²) in [5.41, 5.74) is 0.140. The van der Waals surface area contributed by atoms with Crippen molar-refractivity contribution in [3.63, 3.8) is 0 Å². The van der Waals surface area contributed by atoms with E-state index in [0.717, 1.165) is 33.8 Å². The molecule has 4 aromatic rings. The highest BCUT2D eigenvalue weighted by molar-refractivity contribution is 5.93. The number of nitrogens with zero attached hydrogens (tertiary/aromatic N) is 4. The van der Waals surface area contributed by atoms with E-state index in [-0.39, 0.29) is 23.2 Å². The molecule has 2 aromatic heterocycles. The van der Waals surface area contributed by atoms with Gasteiger partial charge in [0.2, 0.25) is 5.91 Å². The van der Waals surface area contributed by atoms with Gasteiger partial charge in [-0.15, -0.1) is 0 Å². The Kier molecular flexibility index (Phi) is 5.23. The van der Waals surface area contributed by atoms with Crippen molar-refractivity contribution in [2.45, 2.75) is 32.5 Å². The van der Waals surface area contributed by atoms with Crippen LogP contribution in [0.4, 0.5) is 18.9 Å². The Hall–Kier alpha value is -3.69. The summed E-state index contributed by atoms with van der Waals surface area (Å²) in [7, 11) is 1.79. The quantitative estimate of drug-likeness (QED) is 0.516. The standard InChI is InChI=1S/C22H20F3N5O2/c1-12(2)20-17-9-14(22(23,24)25)4-6-16(17)21(32)30(28-20)11-19(31)26-15-5-7-18-13(8-15)10-29(3)27-18/h4-10,12H,11H2,1-3H3,(H,26,31). The van der Waals surface area contributed by atoms with Crippen LogP contribution in [0.2, 0.25) is 0 Å². The van der Waals surface area contributed by atoms with Gasteiger partial charge in [-0.05, 0) is 42.3 Å². The number of amides is 1. The second kappa shape index (κ2) is 7.77.